The first-order valence-electron chi connectivity index (χ1n) is 7.48. The first kappa shape index (κ1) is 14.9. The largest absolute Gasteiger partial charge is 0.376 e. The van der Waals surface area contributed by atoms with Crippen LogP contribution in [-0.2, 0) is 11.2 Å². The Hall–Kier alpha value is -1.55. The molecule has 20 heavy (non-hydrogen) atoms. The normalized spacial score (nSPS) is 16.2. The van der Waals surface area contributed by atoms with Crippen molar-refractivity contribution >= 4 is 11.6 Å². The molecule has 0 atom stereocenters. The van der Waals surface area contributed by atoms with Crippen molar-refractivity contribution in [2.75, 3.05) is 45.1 Å². The SMILES string of the molecule is CCCc1ccccc1NCC(=O)N1CCN(C)CC1. The van der Waals surface area contributed by atoms with Crippen molar-refractivity contribution in [3.63, 3.8) is 0 Å². The van der Waals surface area contributed by atoms with E-state index in [-0.39, 0.29) is 5.91 Å². The molecule has 0 unspecified atom stereocenters. The van der Waals surface area contributed by atoms with Gasteiger partial charge in [0.15, 0.2) is 0 Å². The van der Waals surface area contributed by atoms with Crippen molar-refractivity contribution in [1.82, 2.24) is 9.80 Å². The third-order valence-corrected chi connectivity index (χ3v) is 3.82. The molecule has 0 radical (unpaired) electrons. The standard InChI is InChI=1S/C16H25N3O/c1-3-6-14-7-4-5-8-15(14)17-13-16(20)19-11-9-18(2)10-12-19/h4-5,7-8,17H,3,6,9-13H2,1-2H3. The van der Waals surface area contributed by atoms with E-state index in [1.165, 1.54) is 5.56 Å². The summed E-state index contributed by atoms with van der Waals surface area (Å²) in [6.45, 7) is 6.19. The summed E-state index contributed by atoms with van der Waals surface area (Å²) in [5.41, 5.74) is 2.39. The molecule has 1 saturated heterocycles. The second-order valence-corrected chi connectivity index (χ2v) is 5.44. The van der Waals surface area contributed by atoms with Crippen LogP contribution in [0.3, 0.4) is 0 Å². The molecule has 110 valence electrons. The molecule has 1 aromatic rings. The van der Waals surface area contributed by atoms with E-state index < -0.39 is 0 Å². The van der Waals surface area contributed by atoms with Gasteiger partial charge >= 0.3 is 0 Å². The minimum absolute atomic E-state index is 0.199. The van der Waals surface area contributed by atoms with Gasteiger partial charge in [0, 0.05) is 31.9 Å². The minimum atomic E-state index is 0.199. The number of rotatable bonds is 5. The Morgan fingerprint density at radius 1 is 1.20 bits per heavy atom. The maximum atomic E-state index is 12.2. The van der Waals surface area contributed by atoms with Crippen LogP contribution in [0.4, 0.5) is 5.69 Å². The number of aryl methyl sites for hydroxylation is 1. The second-order valence-electron chi connectivity index (χ2n) is 5.44. The smallest absolute Gasteiger partial charge is 0.241 e. The van der Waals surface area contributed by atoms with Gasteiger partial charge in [-0.2, -0.15) is 0 Å². The van der Waals surface area contributed by atoms with Gasteiger partial charge in [-0.05, 0) is 25.1 Å². The van der Waals surface area contributed by atoms with Crippen LogP contribution in [0.15, 0.2) is 24.3 Å². The van der Waals surface area contributed by atoms with Gasteiger partial charge < -0.3 is 15.1 Å². The van der Waals surface area contributed by atoms with Crippen LogP contribution in [0, 0.1) is 0 Å². The third kappa shape index (κ3) is 3.97. The van der Waals surface area contributed by atoms with Crippen molar-refractivity contribution < 1.29 is 4.79 Å². The van der Waals surface area contributed by atoms with Crippen molar-refractivity contribution in [3.8, 4) is 0 Å². The van der Waals surface area contributed by atoms with Crippen molar-refractivity contribution in [1.29, 1.82) is 0 Å². The Morgan fingerprint density at radius 3 is 2.60 bits per heavy atom. The fraction of sp³-hybridized carbons (Fsp3) is 0.562. The molecule has 1 fully saturated rings. The van der Waals surface area contributed by atoms with Crippen LogP contribution in [0.5, 0.6) is 0 Å². The summed E-state index contributed by atoms with van der Waals surface area (Å²) < 4.78 is 0. The van der Waals surface area contributed by atoms with E-state index in [2.05, 4.69) is 42.4 Å². The van der Waals surface area contributed by atoms with E-state index in [4.69, 9.17) is 0 Å². The molecule has 1 heterocycles. The summed E-state index contributed by atoms with van der Waals surface area (Å²) in [7, 11) is 2.10. The Bertz CT molecular complexity index is 439. The molecule has 0 aliphatic carbocycles. The molecule has 1 aromatic carbocycles. The van der Waals surface area contributed by atoms with Crippen molar-refractivity contribution in [3.05, 3.63) is 29.8 Å². The summed E-state index contributed by atoms with van der Waals surface area (Å²) in [6, 6.07) is 8.26. The summed E-state index contributed by atoms with van der Waals surface area (Å²) in [5, 5.41) is 3.30. The zero-order chi connectivity index (χ0) is 14.4. The Kier molecular flexibility index (Phi) is 5.41. The highest BCUT2D eigenvalue weighted by Gasteiger charge is 2.18. The van der Waals surface area contributed by atoms with Gasteiger partial charge in [0.1, 0.15) is 0 Å². The third-order valence-electron chi connectivity index (χ3n) is 3.82. The van der Waals surface area contributed by atoms with Gasteiger partial charge in [-0.3, -0.25) is 4.79 Å². The van der Waals surface area contributed by atoms with Crippen LogP contribution in [0.25, 0.3) is 0 Å². The fourth-order valence-electron chi connectivity index (χ4n) is 2.52. The molecular weight excluding hydrogens is 250 g/mol. The quantitative estimate of drug-likeness (QED) is 0.890. The molecule has 1 N–H and O–H groups in total. The number of likely N-dealkylation sites (N-methyl/N-ethyl adjacent to an activating group) is 1. The fourth-order valence-corrected chi connectivity index (χ4v) is 2.52. The number of para-hydroxylation sites is 1. The summed E-state index contributed by atoms with van der Waals surface area (Å²) in [4.78, 5) is 16.4. The summed E-state index contributed by atoms with van der Waals surface area (Å²) in [5.74, 6) is 0.199. The molecule has 1 aliphatic heterocycles. The zero-order valence-electron chi connectivity index (χ0n) is 12.6. The average Bonchev–Trinajstić information content (AvgIpc) is 2.47. The molecule has 1 aliphatic rings. The lowest BCUT2D eigenvalue weighted by Gasteiger charge is -2.32. The van der Waals surface area contributed by atoms with Crippen LogP contribution in [0.1, 0.15) is 18.9 Å². The molecule has 0 saturated carbocycles. The molecule has 4 nitrogen and oxygen atoms in total. The maximum absolute atomic E-state index is 12.2. The van der Waals surface area contributed by atoms with Gasteiger partial charge in [-0.1, -0.05) is 31.5 Å². The number of carbonyl (C=O) groups excluding carboxylic acids is 1. The van der Waals surface area contributed by atoms with Crippen LogP contribution >= 0.6 is 0 Å². The van der Waals surface area contributed by atoms with Crippen molar-refractivity contribution in [2.24, 2.45) is 0 Å². The molecule has 0 aromatic heterocycles. The second kappa shape index (κ2) is 7.29. The Labute approximate surface area is 121 Å². The zero-order valence-corrected chi connectivity index (χ0v) is 12.6. The lowest BCUT2D eigenvalue weighted by Crippen LogP contribution is -2.48. The number of benzene rings is 1. The lowest BCUT2D eigenvalue weighted by molar-refractivity contribution is -0.130. The van der Waals surface area contributed by atoms with E-state index in [0.29, 0.717) is 6.54 Å². The first-order chi connectivity index (χ1) is 9.70. The minimum Gasteiger partial charge on any atom is -0.376 e. The van der Waals surface area contributed by atoms with Crippen LogP contribution in [-0.4, -0.2) is 55.5 Å². The highest BCUT2D eigenvalue weighted by atomic mass is 16.2. The first-order valence-corrected chi connectivity index (χ1v) is 7.48. The monoisotopic (exact) mass is 275 g/mol. The van der Waals surface area contributed by atoms with Gasteiger partial charge in [-0.25, -0.2) is 0 Å². The molecule has 0 bridgehead atoms. The molecule has 1 amide bonds. The molecule has 0 spiro atoms. The van der Waals surface area contributed by atoms with Crippen molar-refractivity contribution in [2.45, 2.75) is 19.8 Å². The number of carbonyl (C=O) groups is 1. The summed E-state index contributed by atoms with van der Waals surface area (Å²) in [6.07, 6.45) is 2.16. The van der Waals surface area contributed by atoms with E-state index in [1.807, 2.05) is 11.0 Å². The van der Waals surface area contributed by atoms with Crippen LogP contribution in [0.2, 0.25) is 0 Å². The predicted molar refractivity (Wildman–Crippen MR) is 83.0 cm³/mol. The topological polar surface area (TPSA) is 35.6 Å². The molecular formula is C16H25N3O. The van der Waals surface area contributed by atoms with E-state index in [9.17, 15) is 4.79 Å². The number of hydrogen-bond donors (Lipinski definition) is 1. The number of nitrogens with zero attached hydrogens (tertiary/aromatic N) is 2. The Morgan fingerprint density at radius 2 is 1.90 bits per heavy atom. The molecule has 2 rings (SSSR count). The molecule has 4 heteroatoms. The average molecular weight is 275 g/mol. The van der Waals surface area contributed by atoms with Gasteiger partial charge in [0.25, 0.3) is 0 Å². The van der Waals surface area contributed by atoms with Gasteiger partial charge in [0.05, 0.1) is 6.54 Å². The summed E-state index contributed by atoms with van der Waals surface area (Å²) >= 11 is 0. The van der Waals surface area contributed by atoms with E-state index in [0.717, 1.165) is 44.7 Å². The van der Waals surface area contributed by atoms with E-state index in [1.54, 1.807) is 0 Å². The van der Waals surface area contributed by atoms with Crippen LogP contribution < -0.4 is 5.32 Å². The maximum Gasteiger partial charge on any atom is 0.241 e. The number of amides is 1. The highest BCUT2D eigenvalue weighted by molar-refractivity contribution is 5.81. The lowest BCUT2D eigenvalue weighted by atomic mass is 10.1. The van der Waals surface area contributed by atoms with E-state index >= 15 is 0 Å². The number of piperazine rings is 1. The number of hydrogen-bond acceptors (Lipinski definition) is 3. The highest BCUT2D eigenvalue weighted by Crippen LogP contribution is 2.16. The van der Waals surface area contributed by atoms with Gasteiger partial charge in [0.2, 0.25) is 5.91 Å². The number of anilines is 1. The van der Waals surface area contributed by atoms with Gasteiger partial charge in [-0.15, -0.1) is 0 Å². The number of nitrogens with one attached hydrogen (secondary N) is 1. The Balaban J connectivity index is 1.87. The predicted octanol–water partition coefficient (Wildman–Crippen LogP) is 1.82.